The molecule has 1 aromatic heterocycles. The van der Waals surface area contributed by atoms with Crippen LogP contribution in [-0.4, -0.2) is 20.7 Å². The number of nitrogens with zero attached hydrogens (tertiary/aromatic N) is 3. The van der Waals surface area contributed by atoms with E-state index in [0.717, 1.165) is 23.3 Å². The Morgan fingerprint density at radius 3 is 3.12 bits per heavy atom. The third kappa shape index (κ3) is 2.26. The molecule has 88 valence electrons. The summed E-state index contributed by atoms with van der Waals surface area (Å²) >= 11 is 5.33. The second-order valence-electron chi connectivity index (χ2n) is 4.11. The van der Waals surface area contributed by atoms with Gasteiger partial charge >= 0.3 is 0 Å². The standard InChI is InChI=1S/C12H12BrN3S/c13-5-10-7-16(15-14-10)6-9-8-17-12-4-2-1-3-11(9)12/h1-4,7,9H,5-6,8H2. The van der Waals surface area contributed by atoms with E-state index in [2.05, 4.69) is 50.5 Å². The van der Waals surface area contributed by atoms with E-state index in [0.29, 0.717) is 5.92 Å². The van der Waals surface area contributed by atoms with Crippen LogP contribution in [0.4, 0.5) is 0 Å². The average Bonchev–Trinajstić information content (AvgIpc) is 2.97. The van der Waals surface area contributed by atoms with Gasteiger partial charge in [0.15, 0.2) is 0 Å². The van der Waals surface area contributed by atoms with Gasteiger partial charge in [-0.05, 0) is 11.6 Å². The summed E-state index contributed by atoms with van der Waals surface area (Å²) in [7, 11) is 0. The first-order valence-corrected chi connectivity index (χ1v) is 7.64. The van der Waals surface area contributed by atoms with Gasteiger partial charge in [-0.2, -0.15) is 0 Å². The lowest BCUT2D eigenvalue weighted by molar-refractivity contribution is 0.532. The van der Waals surface area contributed by atoms with Crippen LogP contribution in [0.15, 0.2) is 35.4 Å². The van der Waals surface area contributed by atoms with Crippen molar-refractivity contribution in [2.45, 2.75) is 22.7 Å². The number of thioether (sulfide) groups is 1. The summed E-state index contributed by atoms with van der Waals surface area (Å²) in [5, 5.41) is 9.01. The van der Waals surface area contributed by atoms with Crippen molar-refractivity contribution in [3.8, 4) is 0 Å². The Labute approximate surface area is 113 Å². The minimum atomic E-state index is 0.557. The van der Waals surface area contributed by atoms with Crippen LogP contribution in [0.3, 0.4) is 0 Å². The molecule has 0 saturated carbocycles. The molecule has 1 aromatic carbocycles. The highest BCUT2D eigenvalue weighted by atomic mass is 79.9. The summed E-state index contributed by atoms with van der Waals surface area (Å²) in [6.45, 7) is 0.921. The van der Waals surface area contributed by atoms with Crippen molar-refractivity contribution < 1.29 is 0 Å². The molecule has 2 heterocycles. The molecule has 0 saturated heterocycles. The molecular formula is C12H12BrN3S. The Balaban J connectivity index is 1.79. The minimum absolute atomic E-state index is 0.557. The fraction of sp³-hybridized carbons (Fsp3) is 0.333. The topological polar surface area (TPSA) is 30.7 Å². The first-order chi connectivity index (χ1) is 8.36. The fourth-order valence-corrected chi connectivity index (χ4v) is 3.59. The Kier molecular flexibility index (Phi) is 3.20. The third-order valence-corrected chi connectivity index (χ3v) is 4.76. The van der Waals surface area contributed by atoms with Crippen molar-refractivity contribution in [1.29, 1.82) is 0 Å². The fourth-order valence-electron chi connectivity index (χ4n) is 2.10. The van der Waals surface area contributed by atoms with Gasteiger partial charge in [-0.25, -0.2) is 0 Å². The zero-order valence-electron chi connectivity index (χ0n) is 9.21. The first kappa shape index (κ1) is 11.3. The van der Waals surface area contributed by atoms with E-state index in [1.165, 1.54) is 10.5 Å². The number of fused-ring (bicyclic) bond motifs is 1. The molecule has 0 spiro atoms. The predicted molar refractivity (Wildman–Crippen MR) is 72.6 cm³/mol. The Bertz CT molecular complexity index is 526. The van der Waals surface area contributed by atoms with Crippen LogP contribution in [-0.2, 0) is 11.9 Å². The summed E-state index contributed by atoms with van der Waals surface area (Å²) in [6, 6.07) is 8.64. The number of benzene rings is 1. The molecule has 0 bridgehead atoms. The second kappa shape index (κ2) is 4.82. The van der Waals surface area contributed by atoms with Gasteiger partial charge in [-0.1, -0.05) is 39.3 Å². The zero-order chi connectivity index (χ0) is 11.7. The molecule has 0 fully saturated rings. The zero-order valence-corrected chi connectivity index (χ0v) is 11.6. The lowest BCUT2D eigenvalue weighted by Crippen LogP contribution is -2.09. The van der Waals surface area contributed by atoms with E-state index in [1.54, 1.807) is 0 Å². The van der Waals surface area contributed by atoms with E-state index >= 15 is 0 Å². The number of alkyl halides is 1. The molecule has 1 aliphatic heterocycles. The molecule has 1 unspecified atom stereocenters. The maximum absolute atomic E-state index is 4.15. The van der Waals surface area contributed by atoms with Gasteiger partial charge in [0.25, 0.3) is 0 Å². The van der Waals surface area contributed by atoms with Crippen molar-refractivity contribution in [2.75, 3.05) is 5.75 Å². The third-order valence-electron chi connectivity index (χ3n) is 2.93. The molecule has 17 heavy (non-hydrogen) atoms. The maximum Gasteiger partial charge on any atom is 0.0932 e. The van der Waals surface area contributed by atoms with Gasteiger partial charge in [-0.15, -0.1) is 16.9 Å². The van der Waals surface area contributed by atoms with Crippen LogP contribution in [0.25, 0.3) is 0 Å². The van der Waals surface area contributed by atoms with Crippen molar-refractivity contribution in [3.63, 3.8) is 0 Å². The average molecular weight is 310 g/mol. The summed E-state index contributed by atoms with van der Waals surface area (Å²) in [4.78, 5) is 1.42. The Morgan fingerprint density at radius 1 is 1.41 bits per heavy atom. The van der Waals surface area contributed by atoms with E-state index in [-0.39, 0.29) is 0 Å². The van der Waals surface area contributed by atoms with Gasteiger partial charge in [-0.3, -0.25) is 4.68 Å². The largest absolute Gasteiger partial charge is 0.252 e. The van der Waals surface area contributed by atoms with Crippen molar-refractivity contribution in [2.24, 2.45) is 0 Å². The van der Waals surface area contributed by atoms with Gasteiger partial charge in [0.05, 0.1) is 12.2 Å². The normalized spacial score (nSPS) is 18.3. The molecule has 0 amide bonds. The summed E-state index contributed by atoms with van der Waals surface area (Å²) in [5.74, 6) is 1.70. The Hall–Kier alpha value is -0.810. The number of hydrogen-bond acceptors (Lipinski definition) is 3. The molecule has 3 rings (SSSR count). The highest BCUT2D eigenvalue weighted by Crippen LogP contribution is 2.39. The molecule has 0 N–H and O–H groups in total. The van der Waals surface area contributed by atoms with E-state index in [4.69, 9.17) is 0 Å². The van der Waals surface area contributed by atoms with Crippen molar-refractivity contribution >= 4 is 27.7 Å². The molecule has 3 nitrogen and oxygen atoms in total. The van der Waals surface area contributed by atoms with Crippen LogP contribution in [0.1, 0.15) is 17.2 Å². The monoisotopic (exact) mass is 309 g/mol. The maximum atomic E-state index is 4.15. The minimum Gasteiger partial charge on any atom is -0.252 e. The predicted octanol–water partition coefficient (Wildman–Crippen LogP) is 3.06. The SMILES string of the molecule is BrCc1cn(CC2CSc3ccccc32)nn1. The quantitative estimate of drug-likeness (QED) is 0.816. The molecule has 1 aliphatic rings. The summed E-state index contributed by atoms with van der Waals surface area (Å²) in [6.07, 6.45) is 2.01. The highest BCUT2D eigenvalue weighted by Gasteiger charge is 2.23. The van der Waals surface area contributed by atoms with Crippen molar-refractivity contribution in [3.05, 3.63) is 41.7 Å². The van der Waals surface area contributed by atoms with Crippen LogP contribution in [0, 0.1) is 0 Å². The summed E-state index contributed by atoms with van der Waals surface area (Å²) in [5.41, 5.74) is 2.44. The molecule has 0 aliphatic carbocycles. The molecule has 1 atom stereocenters. The number of halogens is 1. The van der Waals surface area contributed by atoms with Gasteiger partial charge in [0.2, 0.25) is 0 Å². The lowest BCUT2D eigenvalue weighted by atomic mass is 10.0. The highest BCUT2D eigenvalue weighted by molar-refractivity contribution is 9.08. The lowest BCUT2D eigenvalue weighted by Gasteiger charge is -2.09. The number of aromatic nitrogens is 3. The smallest absolute Gasteiger partial charge is 0.0932 e. The van der Waals surface area contributed by atoms with E-state index in [1.807, 2.05) is 22.6 Å². The van der Waals surface area contributed by atoms with Crippen LogP contribution in [0.5, 0.6) is 0 Å². The van der Waals surface area contributed by atoms with Crippen LogP contribution < -0.4 is 0 Å². The summed E-state index contributed by atoms with van der Waals surface area (Å²) < 4.78 is 1.95. The van der Waals surface area contributed by atoms with Gasteiger partial charge in [0.1, 0.15) is 0 Å². The van der Waals surface area contributed by atoms with E-state index < -0.39 is 0 Å². The molecular weight excluding hydrogens is 298 g/mol. The Morgan fingerprint density at radius 2 is 2.29 bits per heavy atom. The second-order valence-corrected chi connectivity index (χ2v) is 5.73. The number of rotatable bonds is 3. The van der Waals surface area contributed by atoms with Crippen molar-refractivity contribution in [1.82, 2.24) is 15.0 Å². The van der Waals surface area contributed by atoms with Crippen LogP contribution in [0.2, 0.25) is 0 Å². The molecule has 2 aromatic rings. The molecule has 0 radical (unpaired) electrons. The molecule has 5 heteroatoms. The van der Waals surface area contributed by atoms with Gasteiger partial charge in [0, 0.05) is 28.1 Å². The van der Waals surface area contributed by atoms with E-state index in [9.17, 15) is 0 Å². The first-order valence-electron chi connectivity index (χ1n) is 5.53. The van der Waals surface area contributed by atoms with Crippen LogP contribution >= 0.6 is 27.7 Å². The van der Waals surface area contributed by atoms with Gasteiger partial charge < -0.3 is 0 Å². The number of hydrogen-bond donors (Lipinski definition) is 0.